The Bertz CT molecular complexity index is 873. The fourth-order valence-electron chi connectivity index (χ4n) is 3.08. The van der Waals surface area contributed by atoms with E-state index in [-0.39, 0.29) is 25.0 Å². The first kappa shape index (κ1) is 17.9. The Balaban J connectivity index is 1.85. The summed E-state index contributed by atoms with van der Waals surface area (Å²) >= 11 is 0. The molecule has 8 heteroatoms. The fraction of sp³-hybridized carbons (Fsp3) is 0.389. The number of alkyl halides is 1. The normalized spacial score (nSPS) is 22.3. The molecule has 3 rings (SSSR count). The van der Waals surface area contributed by atoms with Gasteiger partial charge in [-0.2, -0.15) is 0 Å². The van der Waals surface area contributed by atoms with Gasteiger partial charge < -0.3 is 20.5 Å². The number of nitrogens with zero attached hydrogens (tertiary/aromatic N) is 1. The van der Waals surface area contributed by atoms with Gasteiger partial charge in [0.15, 0.2) is 5.67 Å². The third-order valence-electron chi connectivity index (χ3n) is 4.61. The van der Waals surface area contributed by atoms with E-state index in [1.54, 1.807) is 25.1 Å². The highest BCUT2D eigenvalue weighted by Crippen LogP contribution is 2.32. The molecule has 1 saturated heterocycles. The molecule has 1 fully saturated rings. The van der Waals surface area contributed by atoms with Crippen molar-refractivity contribution in [2.75, 3.05) is 13.7 Å². The van der Waals surface area contributed by atoms with Crippen LogP contribution in [0.2, 0.25) is 0 Å². The average molecular weight is 361 g/mol. The molecular formula is C18H20FN3O4. The molecule has 3 N–H and O–H groups in total. The van der Waals surface area contributed by atoms with Crippen molar-refractivity contribution in [1.82, 2.24) is 10.3 Å². The topological polar surface area (TPSA) is 104 Å². The van der Waals surface area contributed by atoms with Crippen LogP contribution in [0.1, 0.15) is 30.1 Å². The van der Waals surface area contributed by atoms with E-state index < -0.39 is 23.5 Å². The number of carbonyl (C=O) groups excluding carboxylic acids is 2. The highest BCUT2D eigenvalue weighted by atomic mass is 19.1. The summed E-state index contributed by atoms with van der Waals surface area (Å²) in [5.74, 6) is -0.590. The van der Waals surface area contributed by atoms with Crippen molar-refractivity contribution in [3.8, 4) is 11.6 Å². The lowest BCUT2D eigenvalue weighted by Crippen LogP contribution is -2.34. The van der Waals surface area contributed by atoms with Gasteiger partial charge in [-0.25, -0.2) is 9.37 Å². The number of halogens is 1. The van der Waals surface area contributed by atoms with E-state index in [0.29, 0.717) is 22.4 Å². The number of rotatable bonds is 6. The van der Waals surface area contributed by atoms with Gasteiger partial charge in [-0.05, 0) is 30.0 Å². The summed E-state index contributed by atoms with van der Waals surface area (Å²) in [6.45, 7) is 1.72. The van der Waals surface area contributed by atoms with Gasteiger partial charge >= 0.3 is 0 Å². The Hall–Kier alpha value is -2.90. The van der Waals surface area contributed by atoms with Crippen LogP contribution in [-0.2, 0) is 4.79 Å². The SMILES string of the molecule is CC[C@@]1(F)C[C@@H](COc2nccc3cc(C(N)=O)c(OC)cc23)NC1=O. The fourth-order valence-corrected chi connectivity index (χ4v) is 3.08. The Labute approximate surface area is 149 Å². The Morgan fingerprint density at radius 1 is 1.50 bits per heavy atom. The second-order valence-corrected chi connectivity index (χ2v) is 6.26. The van der Waals surface area contributed by atoms with Crippen molar-refractivity contribution in [2.24, 2.45) is 5.73 Å². The quantitative estimate of drug-likeness (QED) is 0.815. The Morgan fingerprint density at radius 2 is 2.27 bits per heavy atom. The van der Waals surface area contributed by atoms with Crippen LogP contribution >= 0.6 is 0 Å². The second-order valence-electron chi connectivity index (χ2n) is 6.26. The summed E-state index contributed by atoms with van der Waals surface area (Å²) in [5.41, 5.74) is 3.78. The van der Waals surface area contributed by atoms with Gasteiger partial charge in [-0.15, -0.1) is 0 Å². The molecule has 26 heavy (non-hydrogen) atoms. The number of nitrogens with one attached hydrogen (secondary N) is 1. The molecule has 138 valence electrons. The van der Waals surface area contributed by atoms with Crippen LogP contribution in [0.3, 0.4) is 0 Å². The first-order valence-corrected chi connectivity index (χ1v) is 8.27. The molecule has 2 heterocycles. The van der Waals surface area contributed by atoms with Crippen molar-refractivity contribution in [3.05, 3.63) is 30.0 Å². The number of pyridine rings is 1. The lowest BCUT2D eigenvalue weighted by atomic mass is 9.99. The first-order chi connectivity index (χ1) is 12.4. The minimum absolute atomic E-state index is 0.0578. The number of amides is 2. The molecule has 0 unspecified atom stereocenters. The zero-order valence-corrected chi connectivity index (χ0v) is 14.5. The summed E-state index contributed by atoms with van der Waals surface area (Å²) in [7, 11) is 1.43. The number of aromatic nitrogens is 1. The van der Waals surface area contributed by atoms with Gasteiger partial charge in [0.05, 0.1) is 18.7 Å². The maximum absolute atomic E-state index is 14.3. The third-order valence-corrected chi connectivity index (χ3v) is 4.61. The van der Waals surface area contributed by atoms with Crippen LogP contribution in [0.5, 0.6) is 11.6 Å². The van der Waals surface area contributed by atoms with Gasteiger partial charge in [0.25, 0.3) is 11.8 Å². The van der Waals surface area contributed by atoms with Crippen molar-refractivity contribution >= 4 is 22.6 Å². The number of hydrogen-bond acceptors (Lipinski definition) is 5. The Morgan fingerprint density at radius 3 is 2.88 bits per heavy atom. The minimum Gasteiger partial charge on any atom is -0.496 e. The smallest absolute Gasteiger partial charge is 0.258 e. The van der Waals surface area contributed by atoms with Gasteiger partial charge in [0, 0.05) is 18.0 Å². The number of ether oxygens (including phenoxy) is 2. The lowest BCUT2D eigenvalue weighted by molar-refractivity contribution is -0.129. The van der Waals surface area contributed by atoms with E-state index in [2.05, 4.69) is 10.3 Å². The number of nitrogens with two attached hydrogens (primary N) is 1. The van der Waals surface area contributed by atoms with E-state index in [0.717, 1.165) is 0 Å². The zero-order chi connectivity index (χ0) is 18.9. The average Bonchev–Trinajstić information content (AvgIpc) is 2.93. The van der Waals surface area contributed by atoms with Crippen molar-refractivity contribution in [3.63, 3.8) is 0 Å². The molecule has 0 aliphatic carbocycles. The van der Waals surface area contributed by atoms with E-state index >= 15 is 0 Å². The van der Waals surface area contributed by atoms with Gasteiger partial charge in [0.1, 0.15) is 12.4 Å². The highest BCUT2D eigenvalue weighted by molar-refractivity contribution is 6.01. The second kappa shape index (κ2) is 6.78. The largest absolute Gasteiger partial charge is 0.496 e. The molecule has 2 amide bonds. The van der Waals surface area contributed by atoms with Crippen molar-refractivity contribution in [2.45, 2.75) is 31.5 Å². The molecule has 1 aliphatic rings. The summed E-state index contributed by atoms with van der Waals surface area (Å²) in [4.78, 5) is 27.5. The van der Waals surface area contributed by atoms with Crippen LogP contribution in [0.4, 0.5) is 4.39 Å². The molecule has 1 aromatic carbocycles. The van der Waals surface area contributed by atoms with Crippen LogP contribution in [0.15, 0.2) is 24.4 Å². The molecule has 0 radical (unpaired) electrons. The molecule has 1 aliphatic heterocycles. The highest BCUT2D eigenvalue weighted by Gasteiger charge is 2.46. The molecule has 0 saturated carbocycles. The van der Waals surface area contributed by atoms with Crippen LogP contribution in [0.25, 0.3) is 10.8 Å². The number of methoxy groups -OCH3 is 1. The zero-order valence-electron chi connectivity index (χ0n) is 14.5. The monoisotopic (exact) mass is 361 g/mol. The standard InChI is InChI=1S/C18H20FN3O4/c1-3-18(19)8-11(22-17(18)24)9-26-16-12-7-14(25-2)13(15(20)23)6-10(12)4-5-21-16/h4-7,11H,3,8-9H2,1-2H3,(H2,20,23)(H,22,24)/t11-,18+/m0/s1. The van der Waals surface area contributed by atoms with Gasteiger partial charge in [0.2, 0.25) is 5.88 Å². The summed E-state index contributed by atoms with van der Waals surface area (Å²) < 4.78 is 25.3. The van der Waals surface area contributed by atoms with Gasteiger partial charge in [-0.3, -0.25) is 9.59 Å². The molecule has 1 aromatic heterocycles. The number of primary amides is 1. The molecule has 0 bridgehead atoms. The van der Waals surface area contributed by atoms with Crippen LogP contribution in [-0.4, -0.2) is 42.2 Å². The van der Waals surface area contributed by atoms with Crippen molar-refractivity contribution in [1.29, 1.82) is 0 Å². The summed E-state index contributed by atoms with van der Waals surface area (Å²) in [6, 6.07) is 4.51. The molecule has 2 atom stereocenters. The minimum atomic E-state index is -1.85. The summed E-state index contributed by atoms with van der Waals surface area (Å²) in [5, 5.41) is 3.94. The first-order valence-electron chi connectivity index (χ1n) is 8.27. The molecule has 7 nitrogen and oxygen atoms in total. The number of fused-ring (bicyclic) bond motifs is 1. The lowest BCUT2D eigenvalue weighted by Gasteiger charge is -2.15. The van der Waals surface area contributed by atoms with Crippen molar-refractivity contribution < 1.29 is 23.5 Å². The Kier molecular flexibility index (Phi) is 4.67. The molecular weight excluding hydrogens is 341 g/mol. The number of carbonyl (C=O) groups is 2. The predicted molar refractivity (Wildman–Crippen MR) is 93.0 cm³/mol. The van der Waals surface area contributed by atoms with E-state index in [1.807, 2.05) is 0 Å². The molecule has 0 spiro atoms. The molecule has 2 aromatic rings. The van der Waals surface area contributed by atoms with Crippen LogP contribution < -0.4 is 20.5 Å². The number of benzene rings is 1. The van der Waals surface area contributed by atoms with E-state index in [1.165, 1.54) is 13.3 Å². The van der Waals surface area contributed by atoms with E-state index in [9.17, 15) is 14.0 Å². The predicted octanol–water partition coefficient (Wildman–Crippen LogP) is 1.73. The number of hydrogen-bond donors (Lipinski definition) is 2. The van der Waals surface area contributed by atoms with E-state index in [4.69, 9.17) is 15.2 Å². The third kappa shape index (κ3) is 3.14. The van der Waals surface area contributed by atoms with Gasteiger partial charge in [-0.1, -0.05) is 6.92 Å². The van der Waals surface area contributed by atoms with Crippen LogP contribution in [0, 0.1) is 0 Å². The maximum Gasteiger partial charge on any atom is 0.258 e. The maximum atomic E-state index is 14.3. The summed E-state index contributed by atoms with van der Waals surface area (Å²) in [6.07, 6.45) is 1.71.